The fourth-order valence-electron chi connectivity index (χ4n) is 4.21. The first-order valence-electron chi connectivity index (χ1n) is 12.9. The molecular weight excluding hydrogens is 547 g/mol. The van der Waals surface area contributed by atoms with Gasteiger partial charge in [0.05, 0.1) is 20.3 Å². The standard InChI is InChI=1S/C25H32F3N9O4/c1-24(2,3)36(23(39)40-4)10-9-29-22(38)30-17-7-5-16(6-8-17)19-31-20(35-11-13-41-14-12-35)18-21(32-19)37(34-33-18)15-25(26,27)28/h5-8H,9-15H2,1-4H3,(H2,29,30,38). The third-order valence-corrected chi connectivity index (χ3v) is 6.21. The number of benzene rings is 1. The molecule has 1 aliphatic rings. The van der Waals surface area contributed by atoms with Crippen LogP contribution in [-0.4, -0.2) is 100 Å². The van der Waals surface area contributed by atoms with E-state index in [4.69, 9.17) is 9.47 Å². The number of alkyl halides is 3. The van der Waals surface area contributed by atoms with Gasteiger partial charge in [0.15, 0.2) is 22.8 Å². The number of rotatable bonds is 7. The minimum Gasteiger partial charge on any atom is -0.453 e. The van der Waals surface area contributed by atoms with E-state index in [2.05, 4.69) is 30.9 Å². The van der Waals surface area contributed by atoms with Crippen LogP contribution in [0.15, 0.2) is 24.3 Å². The summed E-state index contributed by atoms with van der Waals surface area (Å²) in [6, 6.07) is 6.06. The fraction of sp³-hybridized carbons (Fsp3) is 0.520. The number of amides is 3. The lowest BCUT2D eigenvalue weighted by Gasteiger charge is -2.34. The lowest BCUT2D eigenvalue weighted by atomic mass is 10.1. The Kier molecular flexibility index (Phi) is 8.80. The molecule has 0 unspecified atom stereocenters. The highest BCUT2D eigenvalue weighted by atomic mass is 19.4. The highest BCUT2D eigenvalue weighted by molar-refractivity contribution is 5.90. The van der Waals surface area contributed by atoms with E-state index in [1.807, 2.05) is 25.7 Å². The maximum Gasteiger partial charge on any atom is 0.409 e. The Hall–Kier alpha value is -4.21. The lowest BCUT2D eigenvalue weighted by Crippen LogP contribution is -2.49. The minimum atomic E-state index is -4.51. The minimum absolute atomic E-state index is 0.0355. The number of aromatic nitrogens is 5. The molecular formula is C25H32F3N9O4. The molecule has 1 saturated heterocycles. The number of ether oxygens (including phenoxy) is 2. The molecule has 1 aliphatic heterocycles. The van der Waals surface area contributed by atoms with Gasteiger partial charge in [-0.25, -0.2) is 24.2 Å². The quantitative estimate of drug-likeness (QED) is 0.432. The molecule has 13 nitrogen and oxygen atoms in total. The molecule has 0 saturated carbocycles. The van der Waals surface area contributed by atoms with Gasteiger partial charge >= 0.3 is 18.3 Å². The monoisotopic (exact) mass is 579 g/mol. The van der Waals surface area contributed by atoms with Gasteiger partial charge in [-0.1, -0.05) is 5.21 Å². The third kappa shape index (κ3) is 7.50. The summed E-state index contributed by atoms with van der Waals surface area (Å²) < 4.78 is 50.4. The number of hydrogen-bond donors (Lipinski definition) is 2. The molecule has 2 aromatic heterocycles. The summed E-state index contributed by atoms with van der Waals surface area (Å²) in [6.45, 7) is 6.53. The van der Waals surface area contributed by atoms with Crippen LogP contribution in [0.25, 0.3) is 22.6 Å². The Morgan fingerprint density at radius 2 is 1.78 bits per heavy atom. The number of halogens is 3. The molecule has 41 heavy (non-hydrogen) atoms. The smallest absolute Gasteiger partial charge is 0.409 e. The van der Waals surface area contributed by atoms with Crippen molar-refractivity contribution in [3.05, 3.63) is 24.3 Å². The summed E-state index contributed by atoms with van der Waals surface area (Å²) in [5, 5.41) is 13.0. The first-order chi connectivity index (χ1) is 19.4. The molecule has 0 bridgehead atoms. The Labute approximate surface area is 234 Å². The van der Waals surface area contributed by atoms with Crippen LogP contribution >= 0.6 is 0 Å². The molecule has 1 aromatic carbocycles. The maximum atomic E-state index is 13.2. The van der Waals surface area contributed by atoms with Gasteiger partial charge in [-0.2, -0.15) is 13.2 Å². The van der Waals surface area contributed by atoms with Crippen molar-refractivity contribution < 1.29 is 32.2 Å². The number of morpholine rings is 1. The zero-order chi connectivity index (χ0) is 29.8. The van der Waals surface area contributed by atoms with Crippen molar-refractivity contribution >= 4 is 34.8 Å². The molecule has 222 valence electrons. The lowest BCUT2D eigenvalue weighted by molar-refractivity contribution is -0.142. The summed E-state index contributed by atoms with van der Waals surface area (Å²) in [7, 11) is 1.30. The number of nitrogens with zero attached hydrogens (tertiary/aromatic N) is 7. The number of hydrogen-bond acceptors (Lipinski definition) is 9. The number of nitrogens with one attached hydrogen (secondary N) is 2. The number of carbonyl (C=O) groups is 2. The Balaban J connectivity index is 1.50. The normalized spacial score (nSPS) is 14.2. The van der Waals surface area contributed by atoms with E-state index in [0.717, 1.165) is 0 Å². The van der Waals surface area contributed by atoms with Crippen LogP contribution in [0.5, 0.6) is 0 Å². The van der Waals surface area contributed by atoms with E-state index >= 15 is 0 Å². The van der Waals surface area contributed by atoms with Gasteiger partial charge in [0.1, 0.15) is 6.54 Å². The number of methoxy groups -OCH3 is 1. The summed E-state index contributed by atoms with van der Waals surface area (Å²) in [6.07, 6.45) is -5.01. The molecule has 3 heterocycles. The molecule has 1 fully saturated rings. The van der Waals surface area contributed by atoms with Crippen LogP contribution in [0, 0.1) is 0 Å². The largest absolute Gasteiger partial charge is 0.453 e. The van der Waals surface area contributed by atoms with Crippen LogP contribution in [0.2, 0.25) is 0 Å². The zero-order valence-electron chi connectivity index (χ0n) is 23.2. The summed E-state index contributed by atoms with van der Waals surface area (Å²) in [5.41, 5.74) is 0.629. The predicted molar refractivity (Wildman–Crippen MR) is 144 cm³/mol. The predicted octanol–water partition coefficient (Wildman–Crippen LogP) is 3.28. The van der Waals surface area contributed by atoms with Gasteiger partial charge in [0, 0.05) is 43.0 Å². The van der Waals surface area contributed by atoms with E-state index < -0.39 is 30.4 Å². The summed E-state index contributed by atoms with van der Waals surface area (Å²) in [5.74, 6) is 0.561. The molecule has 0 atom stereocenters. The Morgan fingerprint density at radius 1 is 1.10 bits per heavy atom. The van der Waals surface area contributed by atoms with Crippen LogP contribution in [-0.2, 0) is 16.0 Å². The molecule has 16 heteroatoms. The van der Waals surface area contributed by atoms with Gasteiger partial charge in [-0.15, -0.1) is 5.10 Å². The summed E-state index contributed by atoms with van der Waals surface area (Å²) in [4.78, 5) is 36.8. The van der Waals surface area contributed by atoms with Gasteiger partial charge < -0.3 is 29.9 Å². The molecule has 3 aromatic rings. The third-order valence-electron chi connectivity index (χ3n) is 6.21. The van der Waals surface area contributed by atoms with Crippen molar-refractivity contribution in [3.63, 3.8) is 0 Å². The van der Waals surface area contributed by atoms with Gasteiger partial charge in [0.25, 0.3) is 0 Å². The van der Waals surface area contributed by atoms with Crippen LogP contribution in [0.1, 0.15) is 20.8 Å². The van der Waals surface area contributed by atoms with Gasteiger partial charge in [-0.05, 0) is 45.0 Å². The Morgan fingerprint density at radius 3 is 2.39 bits per heavy atom. The SMILES string of the molecule is COC(=O)N(CCNC(=O)Nc1ccc(-c2nc(N3CCOCC3)c3nnn(CC(F)(F)F)c3n2)cc1)C(C)(C)C. The van der Waals surface area contributed by atoms with Crippen molar-refractivity contribution in [3.8, 4) is 11.4 Å². The topological polar surface area (TPSA) is 140 Å². The second-order valence-electron chi connectivity index (χ2n) is 10.3. The van der Waals surface area contributed by atoms with E-state index in [-0.39, 0.29) is 30.1 Å². The van der Waals surface area contributed by atoms with Crippen molar-refractivity contribution in [1.82, 2.24) is 35.2 Å². The average molecular weight is 580 g/mol. The van der Waals surface area contributed by atoms with Gasteiger partial charge in [-0.3, -0.25) is 0 Å². The van der Waals surface area contributed by atoms with Crippen LogP contribution in [0.4, 0.5) is 34.3 Å². The van der Waals surface area contributed by atoms with Crippen molar-refractivity contribution in [2.45, 2.75) is 39.0 Å². The molecule has 4 rings (SSSR count). The number of carbonyl (C=O) groups excluding carboxylic acids is 2. The first kappa shape index (κ1) is 29.8. The highest BCUT2D eigenvalue weighted by Gasteiger charge is 2.31. The molecule has 0 aliphatic carbocycles. The van der Waals surface area contributed by atoms with Crippen LogP contribution in [0.3, 0.4) is 0 Å². The van der Waals surface area contributed by atoms with E-state index in [0.29, 0.717) is 48.1 Å². The molecule has 3 amide bonds. The average Bonchev–Trinajstić information content (AvgIpc) is 3.31. The molecule has 0 radical (unpaired) electrons. The first-order valence-corrected chi connectivity index (χ1v) is 12.9. The maximum absolute atomic E-state index is 13.2. The van der Waals surface area contributed by atoms with Crippen molar-refractivity contribution in [2.75, 3.05) is 56.7 Å². The second-order valence-corrected chi connectivity index (χ2v) is 10.3. The highest BCUT2D eigenvalue weighted by Crippen LogP contribution is 2.29. The van der Waals surface area contributed by atoms with Crippen molar-refractivity contribution in [2.24, 2.45) is 0 Å². The summed E-state index contributed by atoms with van der Waals surface area (Å²) >= 11 is 0. The van der Waals surface area contributed by atoms with Crippen LogP contribution < -0.4 is 15.5 Å². The van der Waals surface area contributed by atoms with E-state index in [1.54, 1.807) is 24.3 Å². The zero-order valence-corrected chi connectivity index (χ0v) is 23.2. The van der Waals surface area contributed by atoms with E-state index in [9.17, 15) is 22.8 Å². The van der Waals surface area contributed by atoms with Crippen molar-refractivity contribution in [1.29, 1.82) is 0 Å². The van der Waals surface area contributed by atoms with Gasteiger partial charge in [0.2, 0.25) is 0 Å². The number of anilines is 2. The number of fused-ring (bicyclic) bond motifs is 1. The fourth-order valence-corrected chi connectivity index (χ4v) is 4.21. The second kappa shape index (κ2) is 12.1. The number of urea groups is 1. The molecule has 2 N–H and O–H groups in total. The van der Waals surface area contributed by atoms with E-state index in [1.165, 1.54) is 12.0 Å². The molecule has 0 spiro atoms. The Bertz CT molecular complexity index is 1370.